The van der Waals surface area contributed by atoms with Crippen LogP contribution in [0.4, 0.5) is 0 Å². The molecule has 0 unspecified atom stereocenters. The Morgan fingerprint density at radius 2 is 2.09 bits per heavy atom. The molecule has 4 nitrogen and oxygen atoms in total. The lowest BCUT2D eigenvalue weighted by Crippen LogP contribution is -2.09. The molecule has 0 heterocycles. The number of hydrogen-bond donors (Lipinski definition) is 1. The fourth-order valence-corrected chi connectivity index (χ4v) is 0.415. The second kappa shape index (κ2) is 4.49. The standard InChI is InChI=1S/C7H10O4/c1-5(4-8)6(9)3-7(10)11-2/h4,8H,3H2,1-2H3/b5-4-. The largest absolute Gasteiger partial charge is 0.515 e. The molecule has 62 valence electrons. The molecule has 11 heavy (non-hydrogen) atoms. The van der Waals surface area contributed by atoms with Crippen molar-refractivity contribution >= 4 is 11.8 Å². The molecule has 4 heteroatoms. The van der Waals surface area contributed by atoms with Gasteiger partial charge in [0.05, 0.1) is 13.4 Å². The first-order chi connectivity index (χ1) is 5.11. The van der Waals surface area contributed by atoms with Crippen LogP contribution in [0.2, 0.25) is 0 Å². The van der Waals surface area contributed by atoms with Crippen LogP contribution in [-0.2, 0) is 14.3 Å². The normalized spacial score (nSPS) is 10.9. The van der Waals surface area contributed by atoms with E-state index in [2.05, 4.69) is 4.74 Å². The lowest BCUT2D eigenvalue weighted by atomic mass is 10.1. The Bertz CT molecular complexity index is 193. The zero-order valence-corrected chi connectivity index (χ0v) is 6.46. The zero-order chi connectivity index (χ0) is 8.85. The summed E-state index contributed by atoms with van der Waals surface area (Å²) in [6.07, 6.45) is 0.352. The average molecular weight is 158 g/mol. The van der Waals surface area contributed by atoms with Crippen molar-refractivity contribution in [3.05, 3.63) is 11.8 Å². The number of aliphatic hydroxyl groups is 1. The van der Waals surface area contributed by atoms with Crippen LogP contribution in [0.5, 0.6) is 0 Å². The molecule has 0 aliphatic rings. The Hall–Kier alpha value is -1.32. The SMILES string of the molecule is COC(=O)CC(=O)/C(C)=C\O. The number of esters is 1. The predicted molar refractivity (Wildman–Crippen MR) is 38.0 cm³/mol. The van der Waals surface area contributed by atoms with E-state index >= 15 is 0 Å². The molecule has 0 atom stereocenters. The lowest BCUT2D eigenvalue weighted by molar-refractivity contribution is -0.142. The first kappa shape index (κ1) is 9.68. The smallest absolute Gasteiger partial charge is 0.313 e. The van der Waals surface area contributed by atoms with E-state index in [0.717, 1.165) is 0 Å². The van der Waals surface area contributed by atoms with Gasteiger partial charge in [0.1, 0.15) is 6.42 Å². The molecule has 0 spiro atoms. The van der Waals surface area contributed by atoms with Crippen LogP contribution in [0.3, 0.4) is 0 Å². The van der Waals surface area contributed by atoms with E-state index in [0.29, 0.717) is 6.26 Å². The number of Topliss-reactive ketones (excluding diaryl/α,β-unsaturated/α-hetero) is 1. The maximum absolute atomic E-state index is 10.8. The molecule has 0 aromatic carbocycles. The Labute approximate surface area is 64.5 Å². The van der Waals surface area contributed by atoms with Crippen molar-refractivity contribution in [2.45, 2.75) is 13.3 Å². The average Bonchev–Trinajstić information content (AvgIpc) is 2.02. The highest BCUT2D eigenvalue weighted by Gasteiger charge is 2.10. The molecule has 0 fully saturated rings. The van der Waals surface area contributed by atoms with E-state index in [9.17, 15) is 9.59 Å². The van der Waals surface area contributed by atoms with Gasteiger partial charge in [-0.2, -0.15) is 0 Å². The molecule has 0 aliphatic heterocycles. The molecule has 0 saturated carbocycles. The van der Waals surface area contributed by atoms with Crippen LogP contribution in [0.25, 0.3) is 0 Å². The quantitative estimate of drug-likeness (QED) is 0.282. The van der Waals surface area contributed by atoms with Crippen molar-refractivity contribution in [2.24, 2.45) is 0 Å². The molecular formula is C7H10O4. The molecule has 1 N–H and O–H groups in total. The summed E-state index contributed by atoms with van der Waals surface area (Å²) in [5.41, 5.74) is 0.149. The molecule has 0 rings (SSSR count). The van der Waals surface area contributed by atoms with Crippen LogP contribution >= 0.6 is 0 Å². The highest BCUT2D eigenvalue weighted by atomic mass is 16.5. The summed E-state index contributed by atoms with van der Waals surface area (Å²) in [4.78, 5) is 21.3. The van der Waals surface area contributed by atoms with Gasteiger partial charge in [-0.1, -0.05) is 0 Å². The number of aliphatic hydroxyl groups excluding tert-OH is 1. The minimum absolute atomic E-state index is 0.149. The molecular weight excluding hydrogens is 148 g/mol. The van der Waals surface area contributed by atoms with Crippen molar-refractivity contribution < 1.29 is 19.4 Å². The summed E-state index contributed by atoms with van der Waals surface area (Å²) in [7, 11) is 1.20. The number of carbonyl (C=O) groups is 2. The van der Waals surface area contributed by atoms with Gasteiger partial charge in [0.2, 0.25) is 0 Å². The molecule has 0 saturated heterocycles. The number of methoxy groups -OCH3 is 1. The summed E-state index contributed by atoms with van der Waals surface area (Å²) < 4.78 is 4.25. The van der Waals surface area contributed by atoms with Crippen molar-refractivity contribution in [3.63, 3.8) is 0 Å². The van der Waals surface area contributed by atoms with Crippen molar-refractivity contribution in [3.8, 4) is 0 Å². The summed E-state index contributed by atoms with van der Waals surface area (Å²) >= 11 is 0. The first-order valence-corrected chi connectivity index (χ1v) is 3.02. The Kier molecular flexibility index (Phi) is 3.95. The third kappa shape index (κ3) is 3.40. The third-order valence-corrected chi connectivity index (χ3v) is 1.17. The van der Waals surface area contributed by atoms with Crippen LogP contribution in [0.15, 0.2) is 11.8 Å². The predicted octanol–water partition coefficient (Wildman–Crippen LogP) is 0.580. The third-order valence-electron chi connectivity index (χ3n) is 1.17. The van der Waals surface area contributed by atoms with Gasteiger partial charge in [-0.3, -0.25) is 9.59 Å². The van der Waals surface area contributed by atoms with Gasteiger partial charge in [0.25, 0.3) is 0 Å². The molecule has 0 radical (unpaired) electrons. The summed E-state index contributed by atoms with van der Waals surface area (Å²) in [5.74, 6) is -1.03. The molecule has 0 amide bonds. The Morgan fingerprint density at radius 1 is 1.55 bits per heavy atom. The Balaban J connectivity index is 3.98. The number of carbonyl (C=O) groups excluding carboxylic acids is 2. The molecule has 0 bridgehead atoms. The highest BCUT2D eigenvalue weighted by molar-refractivity contribution is 6.04. The maximum Gasteiger partial charge on any atom is 0.313 e. The molecule has 0 aromatic rings. The maximum atomic E-state index is 10.8. The van der Waals surface area contributed by atoms with Crippen LogP contribution in [0.1, 0.15) is 13.3 Å². The monoisotopic (exact) mass is 158 g/mol. The van der Waals surface area contributed by atoms with E-state index in [1.807, 2.05) is 0 Å². The number of allylic oxidation sites excluding steroid dienone is 1. The van der Waals surface area contributed by atoms with Gasteiger partial charge in [0.15, 0.2) is 5.78 Å². The van der Waals surface area contributed by atoms with Gasteiger partial charge < -0.3 is 9.84 Å². The van der Waals surface area contributed by atoms with Gasteiger partial charge in [-0.25, -0.2) is 0 Å². The second-order valence-electron chi connectivity index (χ2n) is 1.99. The molecule has 0 aromatic heterocycles. The minimum atomic E-state index is -0.601. The van der Waals surface area contributed by atoms with Gasteiger partial charge in [-0.05, 0) is 6.92 Å². The second-order valence-corrected chi connectivity index (χ2v) is 1.99. The van der Waals surface area contributed by atoms with Crippen LogP contribution in [-0.4, -0.2) is 24.0 Å². The van der Waals surface area contributed by atoms with E-state index in [1.54, 1.807) is 0 Å². The van der Waals surface area contributed by atoms with Crippen molar-refractivity contribution in [1.82, 2.24) is 0 Å². The van der Waals surface area contributed by atoms with E-state index in [1.165, 1.54) is 14.0 Å². The van der Waals surface area contributed by atoms with Gasteiger partial charge >= 0.3 is 5.97 Å². The molecule has 0 aliphatic carbocycles. The fraction of sp³-hybridized carbons (Fsp3) is 0.429. The number of ether oxygens (including phenoxy) is 1. The minimum Gasteiger partial charge on any atom is -0.515 e. The number of rotatable bonds is 3. The Morgan fingerprint density at radius 3 is 2.45 bits per heavy atom. The highest BCUT2D eigenvalue weighted by Crippen LogP contribution is 1.98. The first-order valence-electron chi connectivity index (χ1n) is 3.02. The summed E-state index contributed by atoms with van der Waals surface area (Å²) in [6, 6.07) is 0. The number of ketones is 1. The van der Waals surface area contributed by atoms with Gasteiger partial charge in [-0.15, -0.1) is 0 Å². The topological polar surface area (TPSA) is 63.6 Å². The van der Waals surface area contributed by atoms with E-state index < -0.39 is 11.8 Å². The number of hydrogen-bond acceptors (Lipinski definition) is 4. The fourth-order valence-electron chi connectivity index (χ4n) is 0.415. The van der Waals surface area contributed by atoms with Gasteiger partial charge in [0, 0.05) is 5.57 Å². The van der Waals surface area contributed by atoms with Crippen molar-refractivity contribution in [1.29, 1.82) is 0 Å². The zero-order valence-electron chi connectivity index (χ0n) is 6.46. The van der Waals surface area contributed by atoms with E-state index in [4.69, 9.17) is 5.11 Å². The van der Waals surface area contributed by atoms with Crippen LogP contribution in [0, 0.1) is 0 Å². The lowest BCUT2D eigenvalue weighted by Gasteiger charge is -1.96. The summed E-state index contributed by atoms with van der Waals surface area (Å²) in [5, 5.41) is 8.36. The summed E-state index contributed by atoms with van der Waals surface area (Å²) in [6.45, 7) is 1.42. The van der Waals surface area contributed by atoms with Crippen LogP contribution < -0.4 is 0 Å². The van der Waals surface area contributed by atoms with Crippen molar-refractivity contribution in [2.75, 3.05) is 7.11 Å². The van der Waals surface area contributed by atoms with E-state index in [-0.39, 0.29) is 12.0 Å².